The molecule has 0 aliphatic carbocycles. The van der Waals surface area contributed by atoms with E-state index in [0.29, 0.717) is 12.6 Å². The summed E-state index contributed by atoms with van der Waals surface area (Å²) in [6.07, 6.45) is 2.95. The number of nitrogens with one attached hydrogen (secondary N) is 2. The Morgan fingerprint density at radius 2 is 2.30 bits per heavy atom. The van der Waals surface area contributed by atoms with Gasteiger partial charge in [-0.25, -0.2) is 13.1 Å². The largest absolute Gasteiger partial charge is 0.314 e. The molecule has 2 rings (SSSR count). The average molecular weight is 314 g/mol. The maximum Gasteiger partial charge on any atom is 0.242 e. The number of nitriles is 1. The summed E-state index contributed by atoms with van der Waals surface area (Å²) in [6.45, 7) is 1.35. The lowest BCUT2D eigenvalue weighted by Crippen LogP contribution is -2.30. The molecule has 108 valence electrons. The minimum Gasteiger partial charge on any atom is -0.314 e. The van der Waals surface area contributed by atoms with Crippen LogP contribution >= 0.6 is 11.6 Å². The van der Waals surface area contributed by atoms with E-state index in [2.05, 4.69) is 10.0 Å². The molecule has 1 aliphatic rings. The van der Waals surface area contributed by atoms with Crippen LogP contribution in [0.25, 0.3) is 0 Å². The van der Waals surface area contributed by atoms with Crippen LogP contribution in [-0.4, -0.2) is 27.5 Å². The van der Waals surface area contributed by atoms with E-state index in [-0.39, 0.29) is 15.5 Å². The zero-order chi connectivity index (χ0) is 14.6. The lowest BCUT2D eigenvalue weighted by Gasteiger charge is -2.12. The summed E-state index contributed by atoms with van der Waals surface area (Å²) in [7, 11) is -3.68. The van der Waals surface area contributed by atoms with Crippen LogP contribution in [0.3, 0.4) is 0 Å². The lowest BCUT2D eigenvalue weighted by molar-refractivity contribution is 0.539. The summed E-state index contributed by atoms with van der Waals surface area (Å²) in [4.78, 5) is -0.0439. The van der Waals surface area contributed by atoms with E-state index in [0.717, 1.165) is 25.8 Å². The summed E-state index contributed by atoms with van der Waals surface area (Å²) in [6, 6.07) is 6.48. The average Bonchev–Trinajstić information content (AvgIpc) is 2.92. The summed E-state index contributed by atoms with van der Waals surface area (Å²) in [5.41, 5.74) is 0.271. The van der Waals surface area contributed by atoms with Crippen LogP contribution in [0, 0.1) is 11.3 Å². The van der Waals surface area contributed by atoms with Crippen molar-refractivity contribution in [3.8, 4) is 6.07 Å². The third-order valence-electron chi connectivity index (χ3n) is 3.30. The van der Waals surface area contributed by atoms with Crippen molar-refractivity contribution >= 4 is 21.6 Å². The van der Waals surface area contributed by atoms with Crippen LogP contribution in [-0.2, 0) is 10.0 Å². The van der Waals surface area contributed by atoms with Gasteiger partial charge in [0.05, 0.1) is 16.7 Å². The second-order valence-electron chi connectivity index (χ2n) is 4.74. The SMILES string of the molecule is N#Cc1ccc(Cl)c(S(=O)(=O)NCC[C@@H]2CCCN2)c1. The monoisotopic (exact) mass is 313 g/mol. The molecular weight excluding hydrogens is 298 g/mol. The molecule has 0 aromatic heterocycles. The van der Waals surface area contributed by atoms with Crippen LogP contribution in [0.2, 0.25) is 5.02 Å². The third-order valence-corrected chi connectivity index (χ3v) is 5.24. The van der Waals surface area contributed by atoms with E-state index in [4.69, 9.17) is 16.9 Å². The van der Waals surface area contributed by atoms with E-state index in [1.165, 1.54) is 18.2 Å². The van der Waals surface area contributed by atoms with Gasteiger partial charge in [-0.1, -0.05) is 11.6 Å². The van der Waals surface area contributed by atoms with Gasteiger partial charge >= 0.3 is 0 Å². The van der Waals surface area contributed by atoms with Gasteiger partial charge in [-0.2, -0.15) is 5.26 Å². The molecule has 0 radical (unpaired) electrons. The molecule has 1 atom stereocenters. The van der Waals surface area contributed by atoms with E-state index in [9.17, 15) is 8.42 Å². The topological polar surface area (TPSA) is 82.0 Å². The number of sulfonamides is 1. The molecule has 1 aliphatic heterocycles. The molecule has 1 aromatic carbocycles. The van der Waals surface area contributed by atoms with Crippen LogP contribution in [0.5, 0.6) is 0 Å². The molecule has 7 heteroatoms. The van der Waals surface area contributed by atoms with Crippen molar-refractivity contribution in [1.29, 1.82) is 5.26 Å². The Hall–Kier alpha value is -1.13. The van der Waals surface area contributed by atoms with E-state index >= 15 is 0 Å². The zero-order valence-electron chi connectivity index (χ0n) is 10.9. The highest BCUT2D eigenvalue weighted by Gasteiger charge is 2.20. The van der Waals surface area contributed by atoms with Crippen molar-refractivity contribution < 1.29 is 8.42 Å². The van der Waals surface area contributed by atoms with E-state index in [1.807, 2.05) is 6.07 Å². The Labute approximate surface area is 124 Å². The van der Waals surface area contributed by atoms with E-state index < -0.39 is 10.0 Å². The van der Waals surface area contributed by atoms with Crippen molar-refractivity contribution in [2.75, 3.05) is 13.1 Å². The van der Waals surface area contributed by atoms with Crippen molar-refractivity contribution in [3.63, 3.8) is 0 Å². The molecule has 1 saturated heterocycles. The highest BCUT2D eigenvalue weighted by molar-refractivity contribution is 7.89. The first kappa shape index (κ1) is 15.3. The summed E-state index contributed by atoms with van der Waals surface area (Å²) < 4.78 is 26.9. The molecule has 1 fully saturated rings. The van der Waals surface area contributed by atoms with E-state index in [1.54, 1.807) is 0 Å². The fourth-order valence-electron chi connectivity index (χ4n) is 2.23. The molecule has 0 bridgehead atoms. The molecule has 1 heterocycles. The van der Waals surface area contributed by atoms with Crippen LogP contribution in [0.1, 0.15) is 24.8 Å². The minimum absolute atomic E-state index is 0.0439. The number of hydrogen-bond donors (Lipinski definition) is 2. The van der Waals surface area contributed by atoms with Gasteiger partial charge in [-0.05, 0) is 44.0 Å². The number of rotatable bonds is 5. The van der Waals surface area contributed by atoms with Crippen molar-refractivity contribution in [2.45, 2.75) is 30.2 Å². The molecule has 0 spiro atoms. The number of benzene rings is 1. The Balaban J connectivity index is 2.04. The summed E-state index contributed by atoms with van der Waals surface area (Å²) >= 11 is 5.90. The van der Waals surface area contributed by atoms with Crippen molar-refractivity contribution in [1.82, 2.24) is 10.0 Å². The Kier molecular flexibility index (Phi) is 5.00. The molecule has 0 unspecified atom stereocenters. The molecule has 20 heavy (non-hydrogen) atoms. The van der Waals surface area contributed by atoms with Gasteiger partial charge in [0.15, 0.2) is 0 Å². The standard InChI is InChI=1S/C13H16ClN3O2S/c14-12-4-3-10(9-15)8-13(12)20(18,19)17-7-5-11-2-1-6-16-11/h3-4,8,11,16-17H,1-2,5-7H2/t11-/m0/s1. The normalized spacial score (nSPS) is 18.9. The first-order valence-corrected chi connectivity index (χ1v) is 8.32. The quantitative estimate of drug-likeness (QED) is 0.865. The molecule has 0 saturated carbocycles. The molecule has 5 nitrogen and oxygen atoms in total. The van der Waals surface area contributed by atoms with Gasteiger partial charge in [-0.15, -0.1) is 0 Å². The van der Waals surface area contributed by atoms with Crippen LogP contribution < -0.4 is 10.0 Å². The third kappa shape index (κ3) is 3.70. The first-order chi connectivity index (χ1) is 9.53. The molecule has 0 amide bonds. The Bertz CT molecular complexity index is 619. The van der Waals surface area contributed by atoms with Gasteiger partial charge in [-0.3, -0.25) is 0 Å². The second kappa shape index (κ2) is 6.55. The van der Waals surface area contributed by atoms with Gasteiger partial charge in [0.25, 0.3) is 0 Å². The molecular formula is C13H16ClN3O2S. The van der Waals surface area contributed by atoms with Crippen molar-refractivity contribution in [2.24, 2.45) is 0 Å². The van der Waals surface area contributed by atoms with Gasteiger partial charge in [0.1, 0.15) is 4.90 Å². The second-order valence-corrected chi connectivity index (χ2v) is 6.88. The highest BCUT2D eigenvalue weighted by atomic mass is 35.5. The Morgan fingerprint density at radius 3 is 2.95 bits per heavy atom. The maximum absolute atomic E-state index is 12.2. The smallest absolute Gasteiger partial charge is 0.242 e. The predicted molar refractivity (Wildman–Crippen MR) is 77.0 cm³/mol. The van der Waals surface area contributed by atoms with Crippen LogP contribution in [0.15, 0.2) is 23.1 Å². The number of halogens is 1. The van der Waals surface area contributed by atoms with Gasteiger partial charge in [0.2, 0.25) is 10.0 Å². The first-order valence-electron chi connectivity index (χ1n) is 6.45. The fraction of sp³-hybridized carbons (Fsp3) is 0.462. The number of nitrogens with zero attached hydrogens (tertiary/aromatic N) is 1. The van der Waals surface area contributed by atoms with Crippen molar-refractivity contribution in [3.05, 3.63) is 28.8 Å². The van der Waals surface area contributed by atoms with Crippen LogP contribution in [0.4, 0.5) is 0 Å². The highest BCUT2D eigenvalue weighted by Crippen LogP contribution is 2.22. The maximum atomic E-state index is 12.2. The zero-order valence-corrected chi connectivity index (χ0v) is 12.5. The van der Waals surface area contributed by atoms with Gasteiger partial charge in [0, 0.05) is 12.6 Å². The predicted octanol–water partition coefficient (Wildman–Crippen LogP) is 1.63. The fourth-order valence-corrected chi connectivity index (χ4v) is 3.80. The Morgan fingerprint density at radius 1 is 1.50 bits per heavy atom. The molecule has 2 N–H and O–H groups in total. The lowest BCUT2D eigenvalue weighted by atomic mass is 10.2. The van der Waals surface area contributed by atoms with Gasteiger partial charge < -0.3 is 5.32 Å². The minimum atomic E-state index is -3.68. The number of hydrogen-bond acceptors (Lipinski definition) is 4. The molecule has 1 aromatic rings. The summed E-state index contributed by atoms with van der Waals surface area (Å²) in [5, 5.41) is 12.3. The summed E-state index contributed by atoms with van der Waals surface area (Å²) in [5.74, 6) is 0.